The number of aryl methyl sites for hydroxylation is 2. The molecule has 0 aromatic heterocycles. The Balaban J connectivity index is 0.000000742. The number of nitrogens with one attached hydrogen (secondary N) is 1. The van der Waals surface area contributed by atoms with Gasteiger partial charge < -0.3 is 5.32 Å². The quantitative estimate of drug-likeness (QED) is 0.143. The summed E-state index contributed by atoms with van der Waals surface area (Å²) >= 11 is 13.8. The van der Waals surface area contributed by atoms with E-state index in [0.29, 0.717) is 0 Å². The molecular formula is C38H52Cl2F3NO3S2. The lowest BCUT2D eigenvalue weighted by Crippen LogP contribution is -2.24. The molecule has 0 amide bonds. The van der Waals surface area contributed by atoms with E-state index in [1.165, 1.54) is 29.0 Å². The van der Waals surface area contributed by atoms with Crippen LogP contribution in [-0.4, -0.2) is 30.1 Å². The lowest BCUT2D eigenvalue weighted by Gasteiger charge is -2.33. The van der Waals surface area contributed by atoms with Crippen molar-refractivity contribution in [3.8, 4) is 0 Å². The molecule has 0 aliphatic heterocycles. The second-order valence-electron chi connectivity index (χ2n) is 12.0. The first-order valence-electron chi connectivity index (χ1n) is 15.8. The van der Waals surface area contributed by atoms with Crippen LogP contribution in [0.15, 0.2) is 82.8 Å². The summed E-state index contributed by atoms with van der Waals surface area (Å²) in [5.41, 5.74) is 4.74. The first-order valence-corrected chi connectivity index (χ1v) is 19.1. The molecule has 1 unspecified atom stereocenters. The van der Waals surface area contributed by atoms with Crippen molar-refractivity contribution in [1.29, 1.82) is 0 Å². The van der Waals surface area contributed by atoms with Gasteiger partial charge in [0.1, 0.15) is 17.5 Å². The molecule has 11 heteroatoms. The fourth-order valence-corrected chi connectivity index (χ4v) is 5.46. The van der Waals surface area contributed by atoms with Crippen molar-refractivity contribution in [2.45, 2.75) is 86.3 Å². The van der Waals surface area contributed by atoms with E-state index < -0.39 is 32.4 Å². The summed E-state index contributed by atoms with van der Waals surface area (Å²) in [6, 6.07) is 7.34. The van der Waals surface area contributed by atoms with Gasteiger partial charge in [0.05, 0.1) is 10.6 Å². The lowest BCUT2D eigenvalue weighted by molar-refractivity contribution is 0.482. The first kappa shape index (κ1) is 46.6. The monoisotopic (exact) mass is 761 g/mol. The normalized spacial score (nSPS) is 16.0. The molecule has 0 saturated heterocycles. The van der Waals surface area contributed by atoms with Crippen LogP contribution in [-0.2, 0) is 15.9 Å². The van der Waals surface area contributed by atoms with E-state index in [4.69, 9.17) is 27.8 Å². The van der Waals surface area contributed by atoms with Gasteiger partial charge in [0.25, 0.3) is 10.1 Å². The number of halogens is 5. The largest absolute Gasteiger partial charge is 0.384 e. The zero-order chi connectivity index (χ0) is 38.3. The molecule has 4 nitrogen and oxygen atoms in total. The molecule has 2 aromatic carbocycles. The molecule has 1 atom stereocenters. The highest BCUT2D eigenvalue weighted by Crippen LogP contribution is 2.43. The second kappa shape index (κ2) is 21.1. The van der Waals surface area contributed by atoms with Gasteiger partial charge in [-0.3, -0.25) is 4.55 Å². The molecule has 0 radical (unpaired) electrons. The molecule has 274 valence electrons. The summed E-state index contributed by atoms with van der Waals surface area (Å²) in [4.78, 5) is 0.324. The van der Waals surface area contributed by atoms with Crippen LogP contribution in [0.3, 0.4) is 0 Å². The molecule has 0 spiro atoms. The van der Waals surface area contributed by atoms with Crippen molar-refractivity contribution in [2.75, 3.05) is 12.3 Å². The minimum absolute atomic E-state index is 0.0300. The first-order chi connectivity index (χ1) is 22.5. The average Bonchev–Trinajstić information content (AvgIpc) is 3.00. The van der Waals surface area contributed by atoms with Crippen molar-refractivity contribution < 1.29 is 26.1 Å². The average molecular weight is 763 g/mol. The van der Waals surface area contributed by atoms with E-state index in [9.17, 15) is 21.6 Å². The molecule has 0 fully saturated rings. The third-order valence-corrected chi connectivity index (χ3v) is 10.2. The maximum absolute atomic E-state index is 13.9. The van der Waals surface area contributed by atoms with Gasteiger partial charge in [0.15, 0.2) is 0 Å². The van der Waals surface area contributed by atoms with E-state index in [-0.39, 0.29) is 40.4 Å². The van der Waals surface area contributed by atoms with E-state index in [1.54, 1.807) is 19.9 Å². The molecule has 2 aromatic rings. The maximum Gasteiger partial charge on any atom is 0.266 e. The van der Waals surface area contributed by atoms with Crippen LogP contribution in [0.1, 0.15) is 84.1 Å². The van der Waals surface area contributed by atoms with Crippen molar-refractivity contribution in [3.05, 3.63) is 123 Å². The van der Waals surface area contributed by atoms with Crippen LogP contribution in [0.5, 0.6) is 0 Å². The van der Waals surface area contributed by atoms with Gasteiger partial charge in [-0.1, -0.05) is 87.9 Å². The number of rotatable bonds is 10. The van der Waals surface area contributed by atoms with Crippen LogP contribution in [0.2, 0.25) is 0 Å². The number of hydrogen-bond donors (Lipinski definition) is 2. The molecule has 49 heavy (non-hydrogen) atoms. The van der Waals surface area contributed by atoms with Gasteiger partial charge in [-0.05, 0) is 88.3 Å². The predicted octanol–water partition coefficient (Wildman–Crippen LogP) is 12.1. The van der Waals surface area contributed by atoms with Gasteiger partial charge in [-0.25, -0.2) is 13.2 Å². The number of hydrogen-bond acceptors (Lipinski definition) is 4. The third kappa shape index (κ3) is 16.4. The summed E-state index contributed by atoms with van der Waals surface area (Å²) in [6.07, 6.45) is 7.16. The molecule has 2 N–H and O–H groups in total. The topological polar surface area (TPSA) is 66.4 Å². The summed E-state index contributed by atoms with van der Waals surface area (Å²) < 4.78 is 70.2. The Hall–Kier alpha value is -2.43. The minimum atomic E-state index is -4.10. The van der Waals surface area contributed by atoms with Crippen LogP contribution in [0.4, 0.5) is 13.2 Å². The zero-order valence-corrected chi connectivity index (χ0v) is 33.5. The Bertz CT molecular complexity index is 1620. The molecule has 0 bridgehead atoms. The van der Waals surface area contributed by atoms with Crippen LogP contribution >= 0.6 is 35.0 Å². The highest BCUT2D eigenvalue weighted by atomic mass is 35.5. The number of allylic oxidation sites excluding steroid dienone is 7. The Labute approximate surface area is 307 Å². The van der Waals surface area contributed by atoms with E-state index in [1.807, 2.05) is 39.8 Å². The maximum atomic E-state index is 13.9. The van der Waals surface area contributed by atoms with E-state index in [2.05, 4.69) is 58.3 Å². The summed E-state index contributed by atoms with van der Waals surface area (Å²) in [5.74, 6) is -1.93. The van der Waals surface area contributed by atoms with Gasteiger partial charge in [0.2, 0.25) is 0 Å². The number of thioether (sulfide) groups is 1. The van der Waals surface area contributed by atoms with Crippen molar-refractivity contribution in [2.24, 2.45) is 5.41 Å². The number of benzene rings is 2. The van der Waals surface area contributed by atoms with E-state index >= 15 is 0 Å². The molecule has 1 aliphatic rings. The second-order valence-corrected chi connectivity index (χ2v) is 16.1. The third-order valence-electron chi connectivity index (χ3n) is 7.59. The highest BCUT2D eigenvalue weighted by molar-refractivity contribution is 8.02. The molecule has 3 rings (SSSR count). The highest BCUT2D eigenvalue weighted by Gasteiger charge is 2.32. The van der Waals surface area contributed by atoms with Crippen LogP contribution in [0.25, 0.3) is 5.70 Å². The van der Waals surface area contributed by atoms with Gasteiger partial charge in [-0.2, -0.15) is 8.42 Å². The fourth-order valence-electron chi connectivity index (χ4n) is 4.11. The summed E-state index contributed by atoms with van der Waals surface area (Å²) in [7, 11) is -4.10. The Morgan fingerprint density at radius 3 is 2.06 bits per heavy atom. The SMILES string of the molecule is C/C=C(\C)C(C)(C)C1=CCC(C)(Cl)C(Cl)=C1.C=C(C)SCc1c(F)cc(C(=C)NCCS(=O)(=O)O)cc1F.CC.Cc1ccc(F)c(C)c1. The van der Waals surface area contributed by atoms with Crippen molar-refractivity contribution in [1.82, 2.24) is 5.32 Å². The van der Waals surface area contributed by atoms with Crippen molar-refractivity contribution in [3.63, 3.8) is 0 Å². The molecule has 1 aliphatic carbocycles. The zero-order valence-electron chi connectivity index (χ0n) is 30.3. The summed E-state index contributed by atoms with van der Waals surface area (Å²) in [5, 5.41) is 3.33. The van der Waals surface area contributed by atoms with Gasteiger partial charge >= 0.3 is 0 Å². The smallest absolute Gasteiger partial charge is 0.266 e. The van der Waals surface area contributed by atoms with E-state index in [0.717, 1.165) is 39.6 Å². The standard InChI is InChI=1S/C14H20Cl2.C14H17F2NO3S2.C8H9F.C2H6/c1-6-10(2)13(3,4)11-7-8-14(5,16)12(15)9-11;1-9(2)21-8-12-13(15)6-11(7-14(12)16)10(3)17-4-5-22(18,19)20;1-6-3-4-8(9)7(2)5-6;1-2/h6-7,9H,8H2,1-5H3;6-7,17H,1,3-5,8H2,2H3,(H,18,19,20);3-5H,1-2H3;1-2H3/b10-6+;;;. The predicted molar refractivity (Wildman–Crippen MR) is 207 cm³/mol. The number of alkyl halides is 1. The Morgan fingerprint density at radius 2 is 1.63 bits per heavy atom. The minimum Gasteiger partial charge on any atom is -0.384 e. The van der Waals surface area contributed by atoms with Gasteiger partial charge in [-0.15, -0.1) is 23.4 Å². The molecule has 0 heterocycles. The van der Waals surface area contributed by atoms with Crippen LogP contribution < -0.4 is 5.32 Å². The van der Waals surface area contributed by atoms with Crippen LogP contribution in [0, 0.1) is 36.7 Å². The van der Waals surface area contributed by atoms with Crippen molar-refractivity contribution >= 4 is 50.8 Å². The Morgan fingerprint density at radius 1 is 1.08 bits per heavy atom. The molecular weight excluding hydrogens is 710 g/mol. The molecule has 0 saturated carbocycles. The summed E-state index contributed by atoms with van der Waals surface area (Å²) in [6.45, 7) is 27.2. The fraction of sp³-hybridized carbons (Fsp3) is 0.421. The van der Waals surface area contributed by atoms with Gasteiger partial charge in [0, 0.05) is 39.6 Å². The lowest BCUT2D eigenvalue weighted by atomic mass is 9.75. The Kier molecular flexibility index (Phi) is 20.0.